The largest absolute Gasteiger partial charge is 0.479 e. The lowest BCUT2D eigenvalue weighted by atomic mass is 10.2. The quantitative estimate of drug-likeness (QED) is 0.307. The molecule has 2 rings (SSSR count). The molecule has 1 amide bonds. The van der Waals surface area contributed by atoms with Crippen LogP contribution in [0.15, 0.2) is 4.99 Å². The standard InChI is InChI=1S/C14H19ClN6O5/c1-9-17-12(15)11(13(18-9)25-2)19-14-16-6-7-20(14)10(22)5-3-4-8-26-21(23)24/h3-8H2,1-2H3,(H,16,19). The zero-order valence-electron chi connectivity index (χ0n) is 14.4. The summed E-state index contributed by atoms with van der Waals surface area (Å²) < 4.78 is 5.20. The Morgan fingerprint density at radius 2 is 2.19 bits per heavy atom. The molecule has 2 heterocycles. The van der Waals surface area contributed by atoms with E-state index in [1.54, 1.807) is 6.92 Å². The molecule has 0 atom stereocenters. The fourth-order valence-corrected chi connectivity index (χ4v) is 2.58. The fourth-order valence-electron chi connectivity index (χ4n) is 2.33. The number of nitrogens with zero attached hydrogens (tertiary/aromatic N) is 5. The van der Waals surface area contributed by atoms with Crippen LogP contribution in [0.2, 0.25) is 5.15 Å². The highest BCUT2D eigenvalue weighted by atomic mass is 35.5. The first-order chi connectivity index (χ1) is 12.4. The van der Waals surface area contributed by atoms with Crippen LogP contribution in [0.5, 0.6) is 5.88 Å². The minimum Gasteiger partial charge on any atom is -0.479 e. The average Bonchev–Trinajstić information content (AvgIpc) is 3.04. The van der Waals surface area contributed by atoms with Crippen LogP contribution in [0.3, 0.4) is 0 Å². The van der Waals surface area contributed by atoms with Crippen molar-refractivity contribution in [2.24, 2.45) is 4.99 Å². The summed E-state index contributed by atoms with van der Waals surface area (Å²) in [5.74, 6) is 0.888. The van der Waals surface area contributed by atoms with Crippen LogP contribution in [-0.2, 0) is 9.63 Å². The number of hydrogen-bond acceptors (Lipinski definition) is 9. The molecule has 1 N–H and O–H groups in total. The molecule has 0 spiro atoms. The number of aliphatic imine (C=N–C) groups is 1. The number of aryl methyl sites for hydroxylation is 1. The maximum absolute atomic E-state index is 12.4. The molecule has 12 heteroatoms. The third-order valence-corrected chi connectivity index (χ3v) is 3.77. The topological polar surface area (TPSA) is 132 Å². The van der Waals surface area contributed by atoms with Crippen molar-refractivity contribution in [3.63, 3.8) is 0 Å². The molecule has 1 aliphatic rings. The molecule has 1 aliphatic heterocycles. The maximum atomic E-state index is 12.4. The Hall–Kier alpha value is -2.69. The Morgan fingerprint density at radius 3 is 2.88 bits per heavy atom. The van der Waals surface area contributed by atoms with Gasteiger partial charge in [0, 0.05) is 13.0 Å². The summed E-state index contributed by atoms with van der Waals surface area (Å²) in [5.41, 5.74) is 0.331. The van der Waals surface area contributed by atoms with Gasteiger partial charge in [-0.25, -0.2) is 4.98 Å². The minimum atomic E-state index is -0.849. The number of carbonyl (C=O) groups excluding carboxylic acids is 1. The first-order valence-electron chi connectivity index (χ1n) is 7.89. The lowest BCUT2D eigenvalue weighted by Gasteiger charge is -2.20. The summed E-state index contributed by atoms with van der Waals surface area (Å²) in [6, 6.07) is 0. The van der Waals surface area contributed by atoms with Crippen LogP contribution in [0, 0.1) is 17.0 Å². The molecular formula is C14H19ClN6O5. The number of hydrogen-bond donors (Lipinski definition) is 1. The van der Waals surface area contributed by atoms with Crippen LogP contribution >= 0.6 is 11.6 Å². The Kier molecular flexibility index (Phi) is 6.89. The van der Waals surface area contributed by atoms with E-state index in [2.05, 4.69) is 25.1 Å². The first-order valence-corrected chi connectivity index (χ1v) is 8.27. The summed E-state index contributed by atoms with van der Waals surface area (Å²) in [5, 5.41) is 12.3. The highest BCUT2D eigenvalue weighted by Crippen LogP contribution is 2.29. The minimum absolute atomic E-state index is 0.0347. The molecule has 1 aromatic rings. The third-order valence-electron chi connectivity index (χ3n) is 3.50. The molecule has 0 fully saturated rings. The van der Waals surface area contributed by atoms with Gasteiger partial charge in [0.25, 0.3) is 5.09 Å². The molecule has 26 heavy (non-hydrogen) atoms. The van der Waals surface area contributed by atoms with E-state index in [9.17, 15) is 14.9 Å². The number of rotatable bonds is 8. The van der Waals surface area contributed by atoms with Crippen LogP contribution in [0.25, 0.3) is 0 Å². The highest BCUT2D eigenvalue weighted by Gasteiger charge is 2.25. The van der Waals surface area contributed by atoms with E-state index < -0.39 is 5.09 Å². The van der Waals surface area contributed by atoms with Gasteiger partial charge in [-0.1, -0.05) is 11.6 Å². The zero-order valence-corrected chi connectivity index (χ0v) is 15.2. The number of amides is 1. The van der Waals surface area contributed by atoms with E-state index in [-0.39, 0.29) is 30.0 Å². The van der Waals surface area contributed by atoms with Gasteiger partial charge in [-0.15, -0.1) is 10.1 Å². The zero-order chi connectivity index (χ0) is 19.1. The number of nitrogens with one attached hydrogen (secondary N) is 1. The van der Waals surface area contributed by atoms with Crippen LogP contribution in [0.1, 0.15) is 25.1 Å². The van der Waals surface area contributed by atoms with Gasteiger partial charge in [-0.2, -0.15) is 4.98 Å². The van der Waals surface area contributed by atoms with Crippen molar-refractivity contribution in [3.05, 3.63) is 21.1 Å². The molecule has 0 bridgehead atoms. The number of methoxy groups -OCH3 is 1. The number of anilines is 1. The van der Waals surface area contributed by atoms with E-state index >= 15 is 0 Å². The molecule has 0 aromatic carbocycles. The summed E-state index contributed by atoms with van der Waals surface area (Å²) in [6.45, 7) is 2.53. The lowest BCUT2D eigenvalue weighted by molar-refractivity contribution is -0.757. The number of unbranched alkanes of at least 4 members (excludes halogenated alkanes) is 1. The van der Waals surface area contributed by atoms with Crippen LogP contribution < -0.4 is 10.1 Å². The Labute approximate surface area is 154 Å². The smallest absolute Gasteiger partial charge is 0.294 e. The van der Waals surface area contributed by atoms with Gasteiger partial charge < -0.3 is 14.9 Å². The molecule has 0 aliphatic carbocycles. The van der Waals surface area contributed by atoms with Crippen LogP contribution in [0.4, 0.5) is 5.69 Å². The second-order valence-electron chi connectivity index (χ2n) is 5.34. The van der Waals surface area contributed by atoms with Crippen LogP contribution in [-0.4, -0.2) is 58.6 Å². The van der Waals surface area contributed by atoms with Crippen molar-refractivity contribution in [1.29, 1.82) is 0 Å². The molecule has 1 aromatic heterocycles. The fraction of sp³-hybridized carbons (Fsp3) is 0.571. The average molecular weight is 387 g/mol. The Balaban J connectivity index is 1.96. The van der Waals surface area contributed by atoms with Gasteiger partial charge in [-0.3, -0.25) is 14.7 Å². The number of ether oxygens (including phenoxy) is 1. The second kappa shape index (κ2) is 9.13. The van der Waals surface area contributed by atoms with Crippen molar-refractivity contribution < 1.29 is 19.5 Å². The van der Waals surface area contributed by atoms with E-state index in [0.29, 0.717) is 43.4 Å². The number of aromatic nitrogens is 2. The molecule has 142 valence electrons. The highest BCUT2D eigenvalue weighted by molar-refractivity contribution is 6.33. The summed E-state index contributed by atoms with van der Waals surface area (Å²) >= 11 is 6.14. The molecule has 11 nitrogen and oxygen atoms in total. The Morgan fingerprint density at radius 1 is 1.42 bits per heavy atom. The summed E-state index contributed by atoms with van der Waals surface area (Å²) in [7, 11) is 1.45. The monoisotopic (exact) mass is 386 g/mol. The maximum Gasteiger partial charge on any atom is 0.294 e. The molecule has 0 saturated heterocycles. The first kappa shape index (κ1) is 19.6. The summed E-state index contributed by atoms with van der Waals surface area (Å²) in [4.78, 5) is 40.6. The van der Waals surface area contributed by atoms with Crippen molar-refractivity contribution in [3.8, 4) is 5.88 Å². The van der Waals surface area contributed by atoms with Gasteiger partial charge in [-0.05, 0) is 19.8 Å². The second-order valence-corrected chi connectivity index (χ2v) is 5.69. The van der Waals surface area contributed by atoms with Crippen molar-refractivity contribution in [1.82, 2.24) is 14.9 Å². The number of carbonyl (C=O) groups is 1. The summed E-state index contributed by atoms with van der Waals surface area (Å²) in [6.07, 6.45) is 1.09. The molecule has 0 unspecified atom stereocenters. The van der Waals surface area contributed by atoms with Gasteiger partial charge in [0.05, 0.1) is 20.3 Å². The lowest BCUT2D eigenvalue weighted by Crippen LogP contribution is -2.38. The van der Waals surface area contributed by atoms with Crippen molar-refractivity contribution in [2.75, 3.05) is 32.1 Å². The Bertz CT molecular complexity index is 713. The third kappa shape index (κ3) is 5.15. The van der Waals surface area contributed by atoms with Gasteiger partial charge in [0.2, 0.25) is 17.7 Å². The van der Waals surface area contributed by atoms with E-state index in [1.165, 1.54) is 12.0 Å². The van der Waals surface area contributed by atoms with Crippen molar-refractivity contribution in [2.45, 2.75) is 26.2 Å². The van der Waals surface area contributed by atoms with Gasteiger partial charge in [0.1, 0.15) is 11.5 Å². The van der Waals surface area contributed by atoms with E-state index in [4.69, 9.17) is 16.3 Å². The predicted octanol–water partition coefficient (Wildman–Crippen LogP) is 1.44. The normalized spacial score (nSPS) is 13.3. The van der Waals surface area contributed by atoms with E-state index in [1.807, 2.05) is 0 Å². The van der Waals surface area contributed by atoms with Crippen molar-refractivity contribution >= 4 is 29.2 Å². The van der Waals surface area contributed by atoms with Gasteiger partial charge in [0.15, 0.2) is 5.15 Å². The predicted molar refractivity (Wildman–Crippen MR) is 92.8 cm³/mol. The SMILES string of the molecule is COc1nc(C)nc(Cl)c1NC1=NCCN1C(=O)CCCCO[N+](=O)[O-]. The van der Waals surface area contributed by atoms with E-state index in [0.717, 1.165) is 0 Å². The molecule has 0 radical (unpaired) electrons. The number of guanidine groups is 1. The number of halogens is 1. The molecule has 0 saturated carbocycles. The molecular weight excluding hydrogens is 368 g/mol. The van der Waals surface area contributed by atoms with Gasteiger partial charge >= 0.3 is 0 Å².